The van der Waals surface area contributed by atoms with Crippen molar-refractivity contribution in [2.45, 2.75) is 19.5 Å². The molecule has 0 saturated carbocycles. The van der Waals surface area contributed by atoms with Crippen molar-refractivity contribution >= 4 is 5.91 Å². The first kappa shape index (κ1) is 13.0. The molecule has 5 heteroatoms. The molecule has 1 aliphatic rings. The van der Waals surface area contributed by atoms with Gasteiger partial charge in [0.25, 0.3) is 0 Å². The Labute approximate surface area is 108 Å². The van der Waals surface area contributed by atoms with E-state index in [2.05, 4.69) is 26.6 Å². The standard InChI is InChI=1S/C13H20N4O/c1-10-3-4-11(16-7-10)9-17-6-5-15-8-12(17)13(18)14-2/h3-4,7,12,15H,5-6,8-9H2,1-2H3,(H,14,18). The van der Waals surface area contributed by atoms with Gasteiger partial charge in [0.15, 0.2) is 0 Å². The lowest BCUT2D eigenvalue weighted by Crippen LogP contribution is -2.56. The highest BCUT2D eigenvalue weighted by atomic mass is 16.2. The van der Waals surface area contributed by atoms with Crippen LogP contribution >= 0.6 is 0 Å². The number of rotatable bonds is 3. The molecular formula is C13H20N4O. The first-order chi connectivity index (χ1) is 8.70. The Morgan fingerprint density at radius 2 is 2.44 bits per heavy atom. The van der Waals surface area contributed by atoms with Crippen LogP contribution in [0, 0.1) is 6.92 Å². The number of carbonyl (C=O) groups excluding carboxylic acids is 1. The van der Waals surface area contributed by atoms with Gasteiger partial charge in [-0.1, -0.05) is 6.07 Å². The molecule has 2 N–H and O–H groups in total. The molecule has 0 radical (unpaired) electrons. The lowest BCUT2D eigenvalue weighted by molar-refractivity contribution is -0.126. The Balaban J connectivity index is 2.05. The lowest BCUT2D eigenvalue weighted by Gasteiger charge is -2.34. The van der Waals surface area contributed by atoms with Crippen LogP contribution < -0.4 is 10.6 Å². The molecule has 1 unspecified atom stereocenters. The lowest BCUT2D eigenvalue weighted by atomic mass is 10.1. The molecule has 1 aromatic heterocycles. The molecular weight excluding hydrogens is 228 g/mol. The number of aryl methyl sites for hydroxylation is 1. The summed E-state index contributed by atoms with van der Waals surface area (Å²) in [6, 6.07) is 3.98. The molecule has 5 nitrogen and oxygen atoms in total. The zero-order chi connectivity index (χ0) is 13.0. The Bertz CT molecular complexity index is 404. The minimum atomic E-state index is -0.105. The number of amides is 1. The summed E-state index contributed by atoms with van der Waals surface area (Å²) in [4.78, 5) is 18.4. The van der Waals surface area contributed by atoms with Crippen LogP contribution in [0.15, 0.2) is 18.3 Å². The van der Waals surface area contributed by atoms with E-state index in [1.54, 1.807) is 7.05 Å². The van der Waals surface area contributed by atoms with Crippen LogP contribution in [-0.2, 0) is 11.3 Å². The highest BCUT2D eigenvalue weighted by Gasteiger charge is 2.27. The third-order valence-electron chi connectivity index (χ3n) is 3.24. The van der Waals surface area contributed by atoms with Gasteiger partial charge in [-0.05, 0) is 18.6 Å². The zero-order valence-electron chi connectivity index (χ0n) is 10.9. The number of piperazine rings is 1. The minimum Gasteiger partial charge on any atom is -0.358 e. The summed E-state index contributed by atoms with van der Waals surface area (Å²) in [6.45, 7) is 5.23. The predicted octanol–water partition coefficient (Wildman–Crippen LogP) is -0.0902. The van der Waals surface area contributed by atoms with Crippen LogP contribution in [-0.4, -0.2) is 48.5 Å². The van der Waals surface area contributed by atoms with Gasteiger partial charge < -0.3 is 10.6 Å². The van der Waals surface area contributed by atoms with E-state index >= 15 is 0 Å². The number of hydrogen-bond acceptors (Lipinski definition) is 4. The highest BCUT2D eigenvalue weighted by Crippen LogP contribution is 2.09. The summed E-state index contributed by atoms with van der Waals surface area (Å²) < 4.78 is 0. The summed E-state index contributed by atoms with van der Waals surface area (Å²) in [5, 5.41) is 5.97. The molecule has 1 saturated heterocycles. The van der Waals surface area contributed by atoms with E-state index < -0.39 is 0 Å². The van der Waals surface area contributed by atoms with Gasteiger partial charge in [-0.3, -0.25) is 14.7 Å². The average Bonchev–Trinajstić information content (AvgIpc) is 2.41. The first-order valence-corrected chi connectivity index (χ1v) is 6.28. The second kappa shape index (κ2) is 5.93. The van der Waals surface area contributed by atoms with Gasteiger partial charge in [-0.2, -0.15) is 0 Å². The molecule has 1 amide bonds. The van der Waals surface area contributed by atoms with Crippen LogP contribution in [0.25, 0.3) is 0 Å². The largest absolute Gasteiger partial charge is 0.358 e. The van der Waals surface area contributed by atoms with E-state index in [-0.39, 0.29) is 11.9 Å². The molecule has 1 aromatic rings. The SMILES string of the molecule is CNC(=O)C1CNCCN1Cc1ccc(C)cn1. The fraction of sp³-hybridized carbons (Fsp3) is 0.538. The number of hydrogen-bond donors (Lipinski definition) is 2. The van der Waals surface area contributed by atoms with Gasteiger partial charge in [-0.15, -0.1) is 0 Å². The first-order valence-electron chi connectivity index (χ1n) is 6.28. The van der Waals surface area contributed by atoms with E-state index in [1.165, 1.54) is 0 Å². The Morgan fingerprint density at radius 1 is 1.61 bits per heavy atom. The Kier molecular flexibility index (Phi) is 4.28. The van der Waals surface area contributed by atoms with Gasteiger partial charge in [0, 0.05) is 39.4 Å². The third-order valence-corrected chi connectivity index (χ3v) is 3.24. The number of carbonyl (C=O) groups is 1. The second-order valence-electron chi connectivity index (χ2n) is 4.63. The molecule has 1 atom stereocenters. The van der Waals surface area contributed by atoms with Gasteiger partial charge in [0.05, 0.1) is 5.69 Å². The third kappa shape index (κ3) is 3.05. The smallest absolute Gasteiger partial charge is 0.238 e. The molecule has 0 aromatic carbocycles. The quantitative estimate of drug-likeness (QED) is 0.785. The summed E-state index contributed by atoms with van der Waals surface area (Å²) in [7, 11) is 1.68. The van der Waals surface area contributed by atoms with Crippen molar-refractivity contribution in [3.63, 3.8) is 0 Å². The topological polar surface area (TPSA) is 57.3 Å². The Hall–Kier alpha value is -1.46. The fourth-order valence-electron chi connectivity index (χ4n) is 2.16. The van der Waals surface area contributed by atoms with E-state index in [9.17, 15) is 4.79 Å². The van der Waals surface area contributed by atoms with Gasteiger partial charge >= 0.3 is 0 Å². The maximum absolute atomic E-state index is 11.8. The fourth-order valence-corrected chi connectivity index (χ4v) is 2.16. The Morgan fingerprint density at radius 3 is 3.11 bits per heavy atom. The summed E-state index contributed by atoms with van der Waals surface area (Å²) in [5.74, 6) is 0.0642. The van der Waals surface area contributed by atoms with Crippen molar-refractivity contribution in [1.29, 1.82) is 0 Å². The number of nitrogens with one attached hydrogen (secondary N) is 2. The number of likely N-dealkylation sites (N-methyl/N-ethyl adjacent to an activating group) is 1. The van der Waals surface area contributed by atoms with Crippen LogP contribution in [0.5, 0.6) is 0 Å². The second-order valence-corrected chi connectivity index (χ2v) is 4.63. The van der Waals surface area contributed by atoms with Gasteiger partial charge in [0.1, 0.15) is 6.04 Å². The molecule has 98 valence electrons. The van der Waals surface area contributed by atoms with E-state index in [1.807, 2.05) is 19.2 Å². The summed E-state index contributed by atoms with van der Waals surface area (Å²) in [5.41, 5.74) is 2.17. The van der Waals surface area contributed by atoms with Gasteiger partial charge in [0.2, 0.25) is 5.91 Å². The summed E-state index contributed by atoms with van der Waals surface area (Å²) >= 11 is 0. The molecule has 1 aliphatic heterocycles. The zero-order valence-corrected chi connectivity index (χ0v) is 10.9. The monoisotopic (exact) mass is 248 g/mol. The molecule has 18 heavy (non-hydrogen) atoms. The van der Waals surface area contributed by atoms with Gasteiger partial charge in [-0.25, -0.2) is 0 Å². The van der Waals surface area contributed by atoms with Crippen LogP contribution in [0.4, 0.5) is 0 Å². The number of nitrogens with zero attached hydrogens (tertiary/aromatic N) is 2. The minimum absolute atomic E-state index is 0.0642. The molecule has 0 bridgehead atoms. The van der Waals surface area contributed by atoms with Crippen molar-refractivity contribution in [3.8, 4) is 0 Å². The number of aromatic nitrogens is 1. The van der Waals surface area contributed by atoms with Crippen molar-refractivity contribution in [3.05, 3.63) is 29.6 Å². The van der Waals surface area contributed by atoms with E-state index in [0.717, 1.165) is 30.9 Å². The van der Waals surface area contributed by atoms with Crippen LogP contribution in [0.3, 0.4) is 0 Å². The molecule has 2 heterocycles. The molecule has 1 fully saturated rings. The molecule has 0 aliphatic carbocycles. The van der Waals surface area contributed by atoms with Crippen molar-refractivity contribution in [1.82, 2.24) is 20.5 Å². The van der Waals surface area contributed by atoms with Crippen molar-refractivity contribution in [2.24, 2.45) is 0 Å². The predicted molar refractivity (Wildman–Crippen MR) is 70.1 cm³/mol. The average molecular weight is 248 g/mol. The van der Waals surface area contributed by atoms with Crippen LogP contribution in [0.2, 0.25) is 0 Å². The normalized spacial score (nSPS) is 20.7. The van der Waals surface area contributed by atoms with Crippen LogP contribution in [0.1, 0.15) is 11.3 Å². The van der Waals surface area contributed by atoms with Crippen molar-refractivity contribution < 1.29 is 4.79 Å². The van der Waals surface area contributed by atoms with E-state index in [0.29, 0.717) is 6.54 Å². The number of pyridine rings is 1. The molecule has 2 rings (SSSR count). The van der Waals surface area contributed by atoms with E-state index in [4.69, 9.17) is 0 Å². The molecule has 0 spiro atoms. The maximum Gasteiger partial charge on any atom is 0.238 e. The maximum atomic E-state index is 11.8. The highest BCUT2D eigenvalue weighted by molar-refractivity contribution is 5.81. The summed E-state index contributed by atoms with van der Waals surface area (Å²) in [6.07, 6.45) is 1.87. The van der Waals surface area contributed by atoms with Crippen molar-refractivity contribution in [2.75, 3.05) is 26.7 Å².